The lowest BCUT2D eigenvalue weighted by atomic mass is 9.92. The molecule has 3 heterocycles. The molecule has 2 saturated heterocycles. The number of hydrogen-bond donors (Lipinski definition) is 0. The number of benzene rings is 1. The Morgan fingerprint density at radius 2 is 1.96 bits per heavy atom. The second kappa shape index (κ2) is 6.13. The van der Waals surface area contributed by atoms with Crippen molar-refractivity contribution in [1.82, 2.24) is 9.80 Å². The molecule has 1 atom stereocenters. The standard InChI is InChI=1S/C20H24N2O4/c1-4-20-11-21(5-6-22(20)19(24)25-12-20)10-15-9-17(23)26-18-14(3)7-13(2)8-16(15)18/h7-9H,4-6,10-12H2,1-3H3. The lowest BCUT2D eigenvalue weighted by Gasteiger charge is -2.44. The number of hydrogen-bond acceptors (Lipinski definition) is 5. The molecule has 6 heteroatoms. The van der Waals surface area contributed by atoms with Gasteiger partial charge in [0.15, 0.2) is 0 Å². The summed E-state index contributed by atoms with van der Waals surface area (Å²) in [5, 5.41) is 0.994. The molecule has 0 aliphatic carbocycles. The number of rotatable bonds is 3. The molecule has 2 aliphatic rings. The number of cyclic esters (lactones) is 1. The van der Waals surface area contributed by atoms with Crippen molar-refractivity contribution in [3.05, 3.63) is 45.3 Å². The Bertz CT molecular complexity index is 935. The van der Waals surface area contributed by atoms with E-state index in [1.165, 1.54) is 0 Å². The molecule has 1 unspecified atom stereocenters. The van der Waals surface area contributed by atoms with Crippen molar-refractivity contribution in [3.8, 4) is 0 Å². The molecule has 2 aliphatic heterocycles. The van der Waals surface area contributed by atoms with Gasteiger partial charge in [0.2, 0.25) is 0 Å². The van der Waals surface area contributed by atoms with Crippen molar-refractivity contribution in [2.24, 2.45) is 0 Å². The van der Waals surface area contributed by atoms with Crippen LogP contribution in [0.25, 0.3) is 11.0 Å². The molecule has 0 bridgehead atoms. The SMILES string of the molecule is CCC12COC(=O)N1CCN(Cc1cc(=O)oc3c(C)cc(C)cc13)C2. The number of ether oxygens (including phenoxy) is 1. The maximum absolute atomic E-state index is 12.1. The molecule has 1 amide bonds. The second-order valence-corrected chi connectivity index (χ2v) is 7.54. The van der Waals surface area contributed by atoms with Crippen molar-refractivity contribution in [1.29, 1.82) is 0 Å². The monoisotopic (exact) mass is 356 g/mol. The van der Waals surface area contributed by atoms with Crippen molar-refractivity contribution in [2.45, 2.75) is 39.3 Å². The smallest absolute Gasteiger partial charge is 0.410 e. The zero-order chi connectivity index (χ0) is 18.5. The molecular formula is C20H24N2O4. The Balaban J connectivity index is 1.68. The van der Waals surface area contributed by atoms with E-state index in [0.29, 0.717) is 25.3 Å². The summed E-state index contributed by atoms with van der Waals surface area (Å²) < 4.78 is 10.8. The molecule has 4 rings (SSSR count). The summed E-state index contributed by atoms with van der Waals surface area (Å²) in [6.07, 6.45) is 0.647. The molecule has 2 aromatic rings. The van der Waals surface area contributed by atoms with Gasteiger partial charge >= 0.3 is 11.7 Å². The topological polar surface area (TPSA) is 63.0 Å². The molecular weight excluding hydrogens is 332 g/mol. The zero-order valence-electron chi connectivity index (χ0n) is 15.5. The van der Waals surface area contributed by atoms with Gasteiger partial charge in [0.05, 0.1) is 5.54 Å². The Morgan fingerprint density at radius 1 is 1.15 bits per heavy atom. The van der Waals surface area contributed by atoms with Crippen molar-refractivity contribution < 1.29 is 13.9 Å². The highest BCUT2D eigenvalue weighted by Gasteiger charge is 2.49. The van der Waals surface area contributed by atoms with Crippen LogP contribution in [-0.4, -0.2) is 47.7 Å². The predicted molar refractivity (Wildman–Crippen MR) is 98.3 cm³/mol. The third-order valence-corrected chi connectivity index (χ3v) is 5.73. The Labute approximate surface area is 152 Å². The lowest BCUT2D eigenvalue weighted by molar-refractivity contribution is 0.0451. The fraction of sp³-hybridized carbons (Fsp3) is 0.500. The van der Waals surface area contributed by atoms with Crippen molar-refractivity contribution in [2.75, 3.05) is 26.2 Å². The van der Waals surface area contributed by atoms with Gasteiger partial charge in [-0.25, -0.2) is 9.59 Å². The van der Waals surface area contributed by atoms with Crippen LogP contribution in [0.1, 0.15) is 30.0 Å². The molecule has 6 nitrogen and oxygen atoms in total. The molecule has 2 fully saturated rings. The van der Waals surface area contributed by atoms with E-state index >= 15 is 0 Å². The third-order valence-electron chi connectivity index (χ3n) is 5.73. The Morgan fingerprint density at radius 3 is 2.73 bits per heavy atom. The number of amides is 1. The summed E-state index contributed by atoms with van der Waals surface area (Å²) in [6.45, 7) is 9.39. The van der Waals surface area contributed by atoms with Gasteiger partial charge in [-0.1, -0.05) is 13.0 Å². The van der Waals surface area contributed by atoms with Gasteiger partial charge in [0.25, 0.3) is 0 Å². The normalized spacial score (nSPS) is 23.3. The van der Waals surface area contributed by atoms with E-state index in [1.807, 2.05) is 24.8 Å². The van der Waals surface area contributed by atoms with Gasteiger partial charge in [0.1, 0.15) is 12.2 Å². The summed E-state index contributed by atoms with van der Waals surface area (Å²) in [4.78, 5) is 28.2. The van der Waals surface area contributed by atoms with Crippen LogP contribution in [0.15, 0.2) is 27.4 Å². The number of carbonyl (C=O) groups excluding carboxylic acids is 1. The molecule has 0 spiro atoms. The summed E-state index contributed by atoms with van der Waals surface area (Å²) >= 11 is 0. The van der Waals surface area contributed by atoms with Crippen LogP contribution >= 0.6 is 0 Å². The first kappa shape index (κ1) is 17.1. The van der Waals surface area contributed by atoms with E-state index in [0.717, 1.165) is 41.6 Å². The fourth-order valence-corrected chi connectivity index (χ4v) is 4.33. The molecule has 0 radical (unpaired) electrons. The third kappa shape index (κ3) is 2.69. The van der Waals surface area contributed by atoms with E-state index in [-0.39, 0.29) is 17.3 Å². The first-order valence-electron chi connectivity index (χ1n) is 9.12. The molecule has 26 heavy (non-hydrogen) atoms. The van der Waals surface area contributed by atoms with Crippen molar-refractivity contribution >= 4 is 17.1 Å². The Kier molecular flexibility index (Phi) is 4.03. The summed E-state index contributed by atoms with van der Waals surface area (Å²) in [7, 11) is 0. The van der Waals surface area contributed by atoms with E-state index in [4.69, 9.17) is 9.15 Å². The molecule has 1 aromatic heterocycles. The molecule has 0 saturated carbocycles. The van der Waals surface area contributed by atoms with Crippen LogP contribution in [0.3, 0.4) is 0 Å². The van der Waals surface area contributed by atoms with Gasteiger partial charge in [0, 0.05) is 37.6 Å². The minimum atomic E-state index is -0.317. The van der Waals surface area contributed by atoms with E-state index < -0.39 is 0 Å². The highest BCUT2D eigenvalue weighted by Crippen LogP contribution is 2.33. The first-order valence-corrected chi connectivity index (χ1v) is 9.12. The van der Waals surface area contributed by atoms with Gasteiger partial charge in [-0.3, -0.25) is 9.80 Å². The van der Waals surface area contributed by atoms with Crippen LogP contribution in [0.4, 0.5) is 4.79 Å². The maximum Gasteiger partial charge on any atom is 0.410 e. The summed E-state index contributed by atoms with van der Waals surface area (Å²) in [5.74, 6) is 0. The molecule has 1 aromatic carbocycles. The van der Waals surface area contributed by atoms with E-state index in [2.05, 4.69) is 17.9 Å². The highest BCUT2D eigenvalue weighted by atomic mass is 16.6. The minimum Gasteiger partial charge on any atom is -0.447 e. The number of nitrogens with zero attached hydrogens (tertiary/aromatic N) is 2. The maximum atomic E-state index is 12.1. The van der Waals surface area contributed by atoms with Gasteiger partial charge in [-0.2, -0.15) is 0 Å². The quantitative estimate of drug-likeness (QED) is 0.792. The number of fused-ring (bicyclic) bond motifs is 2. The lowest BCUT2D eigenvalue weighted by Crippen LogP contribution is -2.60. The van der Waals surface area contributed by atoms with Crippen LogP contribution < -0.4 is 5.63 Å². The number of piperazine rings is 1. The minimum absolute atomic E-state index is 0.205. The van der Waals surface area contributed by atoms with Crippen LogP contribution in [-0.2, 0) is 11.3 Å². The average molecular weight is 356 g/mol. The molecule has 138 valence electrons. The van der Waals surface area contributed by atoms with E-state index in [9.17, 15) is 9.59 Å². The van der Waals surface area contributed by atoms with Crippen LogP contribution in [0.2, 0.25) is 0 Å². The molecule has 0 N–H and O–H groups in total. The van der Waals surface area contributed by atoms with Gasteiger partial charge in [-0.15, -0.1) is 0 Å². The van der Waals surface area contributed by atoms with Crippen molar-refractivity contribution in [3.63, 3.8) is 0 Å². The highest BCUT2D eigenvalue weighted by molar-refractivity contribution is 5.83. The van der Waals surface area contributed by atoms with E-state index in [1.54, 1.807) is 6.07 Å². The van der Waals surface area contributed by atoms with Gasteiger partial charge in [-0.05, 0) is 43.0 Å². The summed E-state index contributed by atoms with van der Waals surface area (Å²) in [6, 6.07) is 5.71. The van der Waals surface area contributed by atoms with Crippen LogP contribution in [0.5, 0.6) is 0 Å². The fourth-order valence-electron chi connectivity index (χ4n) is 4.33. The second-order valence-electron chi connectivity index (χ2n) is 7.54. The largest absolute Gasteiger partial charge is 0.447 e. The Hall–Kier alpha value is -2.34. The van der Waals surface area contributed by atoms with Gasteiger partial charge < -0.3 is 9.15 Å². The summed E-state index contributed by atoms with van der Waals surface area (Å²) in [5.41, 5.74) is 3.20. The average Bonchev–Trinajstić information content (AvgIpc) is 2.93. The predicted octanol–water partition coefficient (Wildman–Crippen LogP) is 2.83. The van der Waals surface area contributed by atoms with Crippen LogP contribution in [0, 0.1) is 13.8 Å². The first-order chi connectivity index (χ1) is 12.4. The zero-order valence-corrected chi connectivity index (χ0v) is 15.5. The number of carbonyl (C=O) groups is 1. The number of aryl methyl sites for hydroxylation is 2.